The van der Waals surface area contributed by atoms with Crippen molar-refractivity contribution in [3.63, 3.8) is 0 Å². The number of hydrogen-bond acceptors (Lipinski definition) is 5. The number of para-hydroxylation sites is 1. The minimum absolute atomic E-state index is 0.0523. The molecule has 1 spiro atoms. The van der Waals surface area contributed by atoms with Gasteiger partial charge in [-0.25, -0.2) is 4.98 Å². The maximum Gasteiger partial charge on any atom is 0.255 e. The Kier molecular flexibility index (Phi) is 6.93. The Morgan fingerprint density at radius 3 is 2.66 bits per heavy atom. The number of nitrogens with two attached hydrogens (primary N) is 1. The molecule has 2 aliphatic heterocycles. The molecule has 4 rings (SSSR count). The molecule has 3 heterocycles. The summed E-state index contributed by atoms with van der Waals surface area (Å²) in [4.78, 5) is 31.9. The molecule has 0 saturated carbocycles. The van der Waals surface area contributed by atoms with E-state index in [-0.39, 0.29) is 11.8 Å². The van der Waals surface area contributed by atoms with E-state index in [9.17, 15) is 9.59 Å². The summed E-state index contributed by atoms with van der Waals surface area (Å²) in [6.07, 6.45) is 7.87. The first-order chi connectivity index (χ1) is 15.6. The number of rotatable bonds is 1. The van der Waals surface area contributed by atoms with E-state index in [2.05, 4.69) is 16.4 Å². The Bertz CT molecular complexity index is 936. The van der Waals surface area contributed by atoms with Crippen LogP contribution in [0.2, 0.25) is 0 Å². The highest BCUT2D eigenvalue weighted by Crippen LogP contribution is 2.38. The fourth-order valence-electron chi connectivity index (χ4n) is 4.76. The van der Waals surface area contributed by atoms with Gasteiger partial charge in [0.1, 0.15) is 18.2 Å². The lowest BCUT2D eigenvalue weighted by molar-refractivity contribution is -0.134. The number of ether oxygens (including phenoxy) is 1. The smallest absolute Gasteiger partial charge is 0.255 e. The lowest BCUT2D eigenvalue weighted by atomic mass is 9.73. The summed E-state index contributed by atoms with van der Waals surface area (Å²) in [6, 6.07) is 11.5. The number of aromatic nitrogens is 1. The third-order valence-corrected chi connectivity index (χ3v) is 6.74. The average molecular weight is 437 g/mol. The van der Waals surface area contributed by atoms with Gasteiger partial charge in [-0.05, 0) is 55.9 Å². The molecule has 0 unspecified atom stereocenters. The largest absolute Gasteiger partial charge is 0.491 e. The lowest BCUT2D eigenvalue weighted by Crippen LogP contribution is -2.50. The lowest BCUT2D eigenvalue weighted by Gasteiger charge is -2.41. The van der Waals surface area contributed by atoms with Crippen molar-refractivity contribution in [1.82, 2.24) is 15.2 Å². The van der Waals surface area contributed by atoms with Crippen LogP contribution >= 0.6 is 0 Å². The maximum atomic E-state index is 13.2. The van der Waals surface area contributed by atoms with Crippen LogP contribution < -0.4 is 15.8 Å². The average Bonchev–Trinajstić information content (AvgIpc) is 2.83. The van der Waals surface area contributed by atoms with Gasteiger partial charge in [-0.15, -0.1) is 0 Å². The molecule has 32 heavy (non-hydrogen) atoms. The predicted molar refractivity (Wildman–Crippen MR) is 123 cm³/mol. The summed E-state index contributed by atoms with van der Waals surface area (Å²) in [6.45, 7) is 2.07. The van der Waals surface area contributed by atoms with E-state index in [0.717, 1.165) is 37.9 Å². The number of nitrogens with one attached hydrogen (secondary N) is 1. The zero-order valence-corrected chi connectivity index (χ0v) is 18.5. The number of benzene rings is 1. The number of nitrogen functional groups attached to an aromatic ring is 1. The Labute approximate surface area is 189 Å². The molecule has 2 aromatic rings. The van der Waals surface area contributed by atoms with E-state index in [1.165, 1.54) is 11.8 Å². The van der Waals surface area contributed by atoms with E-state index in [1.807, 2.05) is 23.1 Å². The Hall–Kier alpha value is -3.09. The Morgan fingerprint density at radius 2 is 1.88 bits per heavy atom. The van der Waals surface area contributed by atoms with Crippen LogP contribution in [0.15, 0.2) is 42.6 Å². The van der Waals surface area contributed by atoms with Gasteiger partial charge in [0.2, 0.25) is 5.91 Å². The monoisotopic (exact) mass is 436 g/mol. The van der Waals surface area contributed by atoms with E-state index in [0.29, 0.717) is 50.5 Å². The van der Waals surface area contributed by atoms with Crippen molar-refractivity contribution in [3.8, 4) is 5.75 Å². The fourth-order valence-corrected chi connectivity index (χ4v) is 4.76. The number of anilines is 1. The zero-order chi connectivity index (χ0) is 22.4. The normalized spacial score (nSPS) is 19.5. The number of piperidine rings is 1. The van der Waals surface area contributed by atoms with E-state index in [1.54, 1.807) is 12.1 Å². The second-order valence-corrected chi connectivity index (χ2v) is 8.82. The molecule has 1 fully saturated rings. The van der Waals surface area contributed by atoms with Crippen molar-refractivity contribution in [2.45, 2.75) is 44.9 Å². The maximum absolute atomic E-state index is 13.2. The molecule has 3 N–H and O–H groups in total. The van der Waals surface area contributed by atoms with Crippen LogP contribution in [-0.4, -0.2) is 47.9 Å². The van der Waals surface area contributed by atoms with Gasteiger partial charge < -0.3 is 20.7 Å². The standard InChI is InChI=1S/C25H32N4O3/c26-22-10-9-20(18-28-22)23(30)29-15-12-25(13-16-29)11-5-1-2-6-19-7-3-4-8-21(19)32-17-14-27-24(25)31/h3-4,7-10,18H,1-2,5-6,11-17H2,(H2,26,28)(H,27,31). The number of carbonyl (C=O) groups is 2. The topological polar surface area (TPSA) is 97.5 Å². The van der Waals surface area contributed by atoms with Crippen molar-refractivity contribution in [2.75, 3.05) is 32.0 Å². The molecular formula is C25H32N4O3. The van der Waals surface area contributed by atoms with Crippen molar-refractivity contribution in [3.05, 3.63) is 53.7 Å². The molecule has 1 aromatic carbocycles. The van der Waals surface area contributed by atoms with Gasteiger partial charge in [0, 0.05) is 19.3 Å². The fraction of sp³-hybridized carbons (Fsp3) is 0.480. The van der Waals surface area contributed by atoms with Gasteiger partial charge in [-0.1, -0.05) is 31.0 Å². The second kappa shape index (κ2) is 10.0. The highest BCUT2D eigenvalue weighted by Gasteiger charge is 2.41. The quantitative estimate of drug-likeness (QED) is 0.715. The second-order valence-electron chi connectivity index (χ2n) is 8.82. The van der Waals surface area contributed by atoms with Crippen molar-refractivity contribution in [1.29, 1.82) is 0 Å². The van der Waals surface area contributed by atoms with Crippen molar-refractivity contribution >= 4 is 17.6 Å². The first kappa shape index (κ1) is 22.1. The predicted octanol–water partition coefficient (Wildman–Crippen LogP) is 3.20. The summed E-state index contributed by atoms with van der Waals surface area (Å²) < 4.78 is 5.95. The van der Waals surface area contributed by atoms with Gasteiger partial charge in [0.15, 0.2) is 0 Å². The molecule has 2 amide bonds. The highest BCUT2D eigenvalue weighted by molar-refractivity contribution is 5.94. The Balaban J connectivity index is 1.40. The molecule has 0 aliphatic carbocycles. The number of carbonyl (C=O) groups excluding carboxylic acids is 2. The van der Waals surface area contributed by atoms with Crippen LogP contribution in [0.5, 0.6) is 5.75 Å². The summed E-state index contributed by atoms with van der Waals surface area (Å²) in [5.74, 6) is 1.35. The number of pyridine rings is 1. The molecule has 7 heteroatoms. The summed E-state index contributed by atoms with van der Waals surface area (Å²) in [5, 5.41) is 3.10. The van der Waals surface area contributed by atoms with Gasteiger partial charge in [0.05, 0.1) is 17.5 Å². The molecule has 7 nitrogen and oxygen atoms in total. The third kappa shape index (κ3) is 5.03. The molecule has 1 saturated heterocycles. The number of fused-ring (bicyclic) bond motifs is 1. The number of aryl methyl sites for hydroxylation is 1. The summed E-state index contributed by atoms with van der Waals surface area (Å²) >= 11 is 0. The van der Waals surface area contributed by atoms with Gasteiger partial charge in [-0.2, -0.15) is 0 Å². The van der Waals surface area contributed by atoms with Gasteiger partial charge >= 0.3 is 0 Å². The minimum atomic E-state index is -0.420. The first-order valence-corrected chi connectivity index (χ1v) is 11.6. The zero-order valence-electron chi connectivity index (χ0n) is 18.5. The third-order valence-electron chi connectivity index (χ3n) is 6.74. The Morgan fingerprint density at radius 1 is 1.06 bits per heavy atom. The van der Waals surface area contributed by atoms with Gasteiger partial charge in [0.25, 0.3) is 5.91 Å². The van der Waals surface area contributed by atoms with E-state index < -0.39 is 5.41 Å². The van der Waals surface area contributed by atoms with E-state index >= 15 is 0 Å². The van der Waals surface area contributed by atoms with Crippen LogP contribution in [0, 0.1) is 5.41 Å². The molecule has 2 aliphatic rings. The van der Waals surface area contributed by atoms with Crippen LogP contribution in [0.4, 0.5) is 5.82 Å². The molecule has 170 valence electrons. The number of nitrogens with zero attached hydrogens (tertiary/aromatic N) is 2. The highest BCUT2D eigenvalue weighted by atomic mass is 16.5. The minimum Gasteiger partial charge on any atom is -0.491 e. The number of amides is 2. The van der Waals surface area contributed by atoms with Crippen molar-refractivity contribution in [2.24, 2.45) is 5.41 Å². The van der Waals surface area contributed by atoms with Crippen LogP contribution in [0.1, 0.15) is 54.4 Å². The molecule has 0 bridgehead atoms. The van der Waals surface area contributed by atoms with Crippen LogP contribution in [-0.2, 0) is 11.2 Å². The summed E-state index contributed by atoms with van der Waals surface area (Å²) in [7, 11) is 0. The summed E-state index contributed by atoms with van der Waals surface area (Å²) in [5.41, 5.74) is 6.98. The molecule has 0 atom stereocenters. The molecule has 0 radical (unpaired) electrons. The molecular weight excluding hydrogens is 404 g/mol. The SMILES string of the molecule is Nc1ccc(C(=O)N2CCC3(CCCCCc4ccccc4OCCNC3=O)CC2)cn1. The van der Waals surface area contributed by atoms with Crippen LogP contribution in [0.25, 0.3) is 0 Å². The van der Waals surface area contributed by atoms with E-state index in [4.69, 9.17) is 10.5 Å². The molecule has 1 aromatic heterocycles. The van der Waals surface area contributed by atoms with Gasteiger partial charge in [-0.3, -0.25) is 9.59 Å². The number of hydrogen-bond donors (Lipinski definition) is 2. The van der Waals surface area contributed by atoms with Crippen LogP contribution in [0.3, 0.4) is 0 Å². The number of likely N-dealkylation sites (tertiary alicyclic amines) is 1. The van der Waals surface area contributed by atoms with Crippen molar-refractivity contribution < 1.29 is 14.3 Å². The first-order valence-electron chi connectivity index (χ1n) is 11.6.